The fourth-order valence-electron chi connectivity index (χ4n) is 4.68. The Morgan fingerprint density at radius 2 is 1.20 bits per heavy atom. The zero-order valence-electron chi connectivity index (χ0n) is 19.7. The average Bonchev–Trinajstić information content (AvgIpc) is 2.82. The van der Waals surface area contributed by atoms with Crippen molar-refractivity contribution in [1.29, 1.82) is 0 Å². The fourth-order valence-corrected chi connectivity index (χ4v) is 4.68. The first-order valence-electron chi connectivity index (χ1n) is 11.6. The van der Waals surface area contributed by atoms with Crippen molar-refractivity contribution in [2.24, 2.45) is 5.73 Å². The van der Waals surface area contributed by atoms with Gasteiger partial charge in [-0.1, -0.05) is 0 Å². The van der Waals surface area contributed by atoms with Crippen molar-refractivity contribution < 1.29 is 29.1 Å². The molecule has 2 aromatic rings. The molecule has 0 bridgehead atoms. The number of carboxylic acids is 1. The van der Waals surface area contributed by atoms with Gasteiger partial charge in [-0.2, -0.15) is 0 Å². The highest BCUT2D eigenvalue weighted by molar-refractivity contribution is 6.33. The zero-order chi connectivity index (χ0) is 25.4. The van der Waals surface area contributed by atoms with E-state index in [1.54, 1.807) is 24.3 Å². The van der Waals surface area contributed by atoms with Crippen LogP contribution in [-0.4, -0.2) is 89.2 Å². The van der Waals surface area contributed by atoms with Crippen LogP contribution in [0.25, 0.3) is 10.8 Å². The van der Waals surface area contributed by atoms with E-state index in [1.807, 2.05) is 19.0 Å². The predicted octanol–water partition coefficient (Wildman–Crippen LogP) is 1.57. The SMILES string of the molecule is CN(C)CCCN1C(=O)c2ccc3c4c(ccc(c24)C1=O)C(=O)N(CCCC[C@H](N)C(=O)O)C3=O. The minimum atomic E-state index is -1.09. The Hall–Kier alpha value is -3.63. The van der Waals surface area contributed by atoms with Crippen molar-refractivity contribution in [2.75, 3.05) is 33.7 Å². The number of carbonyl (C=O) groups is 5. The molecule has 0 spiro atoms. The number of aliphatic carboxylic acids is 1. The molecule has 0 radical (unpaired) electrons. The van der Waals surface area contributed by atoms with Gasteiger partial charge in [0.05, 0.1) is 0 Å². The first-order chi connectivity index (χ1) is 16.6. The van der Waals surface area contributed by atoms with E-state index in [0.29, 0.717) is 41.2 Å². The minimum Gasteiger partial charge on any atom is -0.480 e. The van der Waals surface area contributed by atoms with Crippen molar-refractivity contribution in [2.45, 2.75) is 31.7 Å². The summed E-state index contributed by atoms with van der Waals surface area (Å²) >= 11 is 0. The molecule has 2 aliphatic heterocycles. The molecule has 0 fully saturated rings. The van der Waals surface area contributed by atoms with Crippen LogP contribution in [0.3, 0.4) is 0 Å². The van der Waals surface area contributed by atoms with Crippen molar-refractivity contribution in [3.63, 3.8) is 0 Å². The zero-order valence-corrected chi connectivity index (χ0v) is 19.7. The normalized spacial score (nSPS) is 16.0. The van der Waals surface area contributed by atoms with E-state index in [1.165, 1.54) is 4.90 Å². The van der Waals surface area contributed by atoms with E-state index in [4.69, 9.17) is 10.8 Å². The Bertz CT molecular complexity index is 1180. The van der Waals surface area contributed by atoms with E-state index in [-0.39, 0.29) is 30.6 Å². The van der Waals surface area contributed by atoms with Gasteiger partial charge in [-0.05, 0) is 70.6 Å². The summed E-state index contributed by atoms with van der Waals surface area (Å²) < 4.78 is 0. The Balaban J connectivity index is 1.62. The average molecular weight is 481 g/mol. The highest BCUT2D eigenvalue weighted by Gasteiger charge is 2.39. The summed E-state index contributed by atoms with van der Waals surface area (Å²) in [5.41, 5.74) is 6.67. The highest BCUT2D eigenvalue weighted by Crippen LogP contribution is 2.37. The monoisotopic (exact) mass is 480 g/mol. The molecule has 1 atom stereocenters. The summed E-state index contributed by atoms with van der Waals surface area (Å²) in [4.78, 5) is 68.0. The number of rotatable bonds is 10. The van der Waals surface area contributed by atoms with Gasteiger partial charge in [0.1, 0.15) is 6.04 Å². The number of carbonyl (C=O) groups excluding carboxylic acids is 4. The Morgan fingerprint density at radius 3 is 1.57 bits per heavy atom. The van der Waals surface area contributed by atoms with Crippen molar-refractivity contribution in [1.82, 2.24) is 14.7 Å². The summed E-state index contributed by atoms with van der Waals surface area (Å²) in [6.45, 7) is 1.11. The van der Waals surface area contributed by atoms with Gasteiger partial charge in [0.25, 0.3) is 23.6 Å². The molecule has 0 saturated carbocycles. The summed E-state index contributed by atoms with van der Waals surface area (Å²) in [6.07, 6.45) is 1.71. The van der Waals surface area contributed by atoms with Gasteiger partial charge in [0.15, 0.2) is 0 Å². The smallest absolute Gasteiger partial charge is 0.320 e. The largest absolute Gasteiger partial charge is 0.480 e. The van der Waals surface area contributed by atoms with Crippen LogP contribution < -0.4 is 5.73 Å². The van der Waals surface area contributed by atoms with Crippen LogP contribution in [0.1, 0.15) is 67.1 Å². The van der Waals surface area contributed by atoms with Gasteiger partial charge in [-0.3, -0.25) is 33.8 Å². The molecule has 3 N–H and O–H groups in total. The molecular formula is C25H28N4O6. The van der Waals surface area contributed by atoms with Crippen molar-refractivity contribution in [3.05, 3.63) is 46.5 Å². The fraction of sp³-hybridized carbons (Fsp3) is 0.400. The van der Waals surface area contributed by atoms with Crippen LogP contribution in [0.4, 0.5) is 0 Å². The molecule has 0 aliphatic carbocycles. The Kier molecular flexibility index (Phi) is 6.68. The maximum atomic E-state index is 13.2. The molecule has 184 valence electrons. The van der Waals surface area contributed by atoms with Gasteiger partial charge in [0, 0.05) is 46.1 Å². The second kappa shape index (κ2) is 9.55. The van der Waals surface area contributed by atoms with Gasteiger partial charge in [0.2, 0.25) is 0 Å². The van der Waals surface area contributed by atoms with Crippen LogP contribution >= 0.6 is 0 Å². The highest BCUT2D eigenvalue weighted by atomic mass is 16.4. The molecule has 4 amide bonds. The number of nitrogens with two attached hydrogens (primary N) is 1. The number of benzene rings is 2. The Labute approximate surface area is 202 Å². The molecule has 2 heterocycles. The molecular weight excluding hydrogens is 452 g/mol. The van der Waals surface area contributed by atoms with E-state index in [9.17, 15) is 24.0 Å². The van der Waals surface area contributed by atoms with Crippen LogP contribution in [0.2, 0.25) is 0 Å². The van der Waals surface area contributed by atoms with Gasteiger partial charge >= 0.3 is 5.97 Å². The molecule has 10 heteroatoms. The molecule has 4 rings (SSSR count). The number of carboxylic acid groups (broad SMARTS) is 1. The van der Waals surface area contributed by atoms with Gasteiger partial charge < -0.3 is 15.7 Å². The van der Waals surface area contributed by atoms with Crippen molar-refractivity contribution >= 4 is 40.4 Å². The summed E-state index contributed by atoms with van der Waals surface area (Å²) in [5, 5.41) is 9.60. The van der Waals surface area contributed by atoms with Crippen LogP contribution in [0.5, 0.6) is 0 Å². The van der Waals surface area contributed by atoms with Gasteiger partial charge in [-0.25, -0.2) is 0 Å². The lowest BCUT2D eigenvalue weighted by molar-refractivity contribution is -0.138. The quantitative estimate of drug-likeness (QED) is 0.386. The second-order valence-electron chi connectivity index (χ2n) is 9.19. The standard InChI is InChI=1S/C25H28N4O6/c1-27(2)11-5-13-29-23(32)16-9-7-14-19-15(8-10-17(20(16)19)24(29)33)22(31)28(21(14)30)12-4-3-6-18(26)25(34)35/h7-10,18H,3-6,11-13,26H2,1-2H3,(H,34,35)/t18-/m0/s1. The molecule has 0 unspecified atom stereocenters. The van der Waals surface area contributed by atoms with E-state index >= 15 is 0 Å². The second-order valence-corrected chi connectivity index (χ2v) is 9.19. The number of hydrogen-bond donors (Lipinski definition) is 2. The lowest BCUT2D eigenvalue weighted by Gasteiger charge is -2.32. The molecule has 35 heavy (non-hydrogen) atoms. The lowest BCUT2D eigenvalue weighted by Crippen LogP contribution is -2.44. The molecule has 10 nitrogen and oxygen atoms in total. The molecule has 0 saturated heterocycles. The Morgan fingerprint density at radius 1 is 0.800 bits per heavy atom. The molecule has 2 aliphatic rings. The third-order valence-corrected chi connectivity index (χ3v) is 6.51. The van der Waals surface area contributed by atoms with Crippen molar-refractivity contribution in [3.8, 4) is 0 Å². The maximum absolute atomic E-state index is 13.2. The summed E-state index contributed by atoms with van der Waals surface area (Å²) in [5.74, 6) is -2.95. The molecule has 0 aromatic heterocycles. The number of hydrogen-bond acceptors (Lipinski definition) is 7. The minimum absolute atomic E-state index is 0.117. The number of unbranched alkanes of at least 4 members (excludes halogenated alkanes) is 1. The maximum Gasteiger partial charge on any atom is 0.320 e. The van der Waals surface area contributed by atoms with E-state index in [0.717, 1.165) is 11.4 Å². The third-order valence-electron chi connectivity index (χ3n) is 6.51. The summed E-state index contributed by atoms with van der Waals surface area (Å²) in [6, 6.07) is 5.20. The van der Waals surface area contributed by atoms with E-state index in [2.05, 4.69) is 0 Å². The first-order valence-corrected chi connectivity index (χ1v) is 11.6. The van der Waals surface area contributed by atoms with Crippen LogP contribution in [-0.2, 0) is 4.79 Å². The number of imide groups is 2. The number of nitrogens with zero attached hydrogens (tertiary/aromatic N) is 3. The third kappa shape index (κ3) is 4.30. The predicted molar refractivity (Wildman–Crippen MR) is 127 cm³/mol. The van der Waals surface area contributed by atoms with E-state index < -0.39 is 35.6 Å². The topological polar surface area (TPSA) is 141 Å². The van der Waals surface area contributed by atoms with Gasteiger partial charge in [-0.15, -0.1) is 0 Å². The van der Waals surface area contributed by atoms with Crippen LogP contribution in [0, 0.1) is 0 Å². The first kappa shape index (κ1) is 24.5. The van der Waals surface area contributed by atoms with Crippen LogP contribution in [0.15, 0.2) is 24.3 Å². The lowest BCUT2D eigenvalue weighted by atomic mass is 9.86. The molecule has 2 aromatic carbocycles. The summed E-state index contributed by atoms with van der Waals surface area (Å²) in [7, 11) is 3.83. The number of amides is 4.